The summed E-state index contributed by atoms with van der Waals surface area (Å²) in [5, 5.41) is 3.18. The number of hydrogen-bond donors (Lipinski definition) is 1. The molecule has 2 fully saturated rings. The molecule has 3 rings (SSSR count). The molecule has 2 aliphatic rings. The van der Waals surface area contributed by atoms with E-state index in [9.17, 15) is 14.0 Å². The summed E-state index contributed by atoms with van der Waals surface area (Å²) in [5.41, 5.74) is 0.527. The van der Waals surface area contributed by atoms with Crippen molar-refractivity contribution in [3.8, 4) is 0 Å². The van der Waals surface area contributed by atoms with Crippen molar-refractivity contribution in [1.29, 1.82) is 0 Å². The summed E-state index contributed by atoms with van der Waals surface area (Å²) in [6, 6.07) is 6.09. The molecule has 0 radical (unpaired) electrons. The Morgan fingerprint density at radius 3 is 2.46 bits per heavy atom. The quantitative estimate of drug-likeness (QED) is 0.869. The van der Waals surface area contributed by atoms with E-state index in [-0.39, 0.29) is 17.6 Å². The van der Waals surface area contributed by atoms with Gasteiger partial charge in [-0.1, -0.05) is 26.2 Å². The van der Waals surface area contributed by atoms with E-state index in [1.54, 1.807) is 12.1 Å². The molecule has 26 heavy (non-hydrogen) atoms. The Hall–Kier alpha value is -1.91. The summed E-state index contributed by atoms with van der Waals surface area (Å²) in [5.74, 6) is 0.456. The van der Waals surface area contributed by atoms with E-state index in [1.165, 1.54) is 25.0 Å². The van der Waals surface area contributed by atoms with Crippen molar-refractivity contribution in [3.63, 3.8) is 0 Å². The second-order valence-corrected chi connectivity index (χ2v) is 7.73. The molecule has 2 atom stereocenters. The van der Waals surface area contributed by atoms with Gasteiger partial charge in [0.1, 0.15) is 5.82 Å². The Balaban J connectivity index is 1.55. The molecule has 0 aromatic heterocycles. The van der Waals surface area contributed by atoms with Crippen LogP contribution in [0, 0.1) is 17.7 Å². The highest BCUT2D eigenvalue weighted by Crippen LogP contribution is 2.30. The highest BCUT2D eigenvalue weighted by Gasteiger charge is 2.32. The van der Waals surface area contributed by atoms with Crippen LogP contribution in [0.2, 0.25) is 0 Å². The van der Waals surface area contributed by atoms with Crippen molar-refractivity contribution >= 4 is 11.8 Å². The number of amides is 2. The zero-order valence-electron chi connectivity index (χ0n) is 15.5. The normalized spacial score (nSPS) is 23.8. The second kappa shape index (κ2) is 8.65. The van der Waals surface area contributed by atoms with E-state index in [0.29, 0.717) is 43.0 Å². The van der Waals surface area contributed by atoms with Crippen LogP contribution >= 0.6 is 0 Å². The van der Waals surface area contributed by atoms with Gasteiger partial charge in [0.15, 0.2) is 0 Å². The first-order valence-electron chi connectivity index (χ1n) is 9.91. The summed E-state index contributed by atoms with van der Waals surface area (Å²) in [4.78, 5) is 26.9. The van der Waals surface area contributed by atoms with Gasteiger partial charge in [0.05, 0.1) is 0 Å². The minimum absolute atomic E-state index is 0.0442. The number of likely N-dealkylation sites (tertiary alicyclic amines) is 1. The molecule has 1 aliphatic carbocycles. The molecule has 4 nitrogen and oxygen atoms in total. The van der Waals surface area contributed by atoms with Crippen molar-refractivity contribution in [1.82, 2.24) is 10.2 Å². The first-order chi connectivity index (χ1) is 12.6. The fourth-order valence-corrected chi connectivity index (χ4v) is 4.37. The van der Waals surface area contributed by atoms with Crippen molar-refractivity contribution in [2.45, 2.75) is 57.9 Å². The molecule has 2 unspecified atom stereocenters. The molecule has 1 saturated carbocycles. The van der Waals surface area contributed by atoms with Crippen LogP contribution in [0.15, 0.2) is 24.3 Å². The third-order valence-corrected chi connectivity index (χ3v) is 5.96. The van der Waals surface area contributed by atoms with E-state index >= 15 is 0 Å². The Bertz CT molecular complexity index is 625. The SMILES string of the molecule is CCC1CN(C(=O)c2ccc(F)cc2)CCC1CC(=O)NC1CCCC1. The second-order valence-electron chi connectivity index (χ2n) is 7.73. The molecule has 142 valence electrons. The molecule has 1 saturated heterocycles. The molecule has 5 heteroatoms. The lowest BCUT2D eigenvalue weighted by atomic mass is 9.81. The number of hydrogen-bond acceptors (Lipinski definition) is 2. The lowest BCUT2D eigenvalue weighted by Gasteiger charge is -2.38. The van der Waals surface area contributed by atoms with Gasteiger partial charge in [-0.3, -0.25) is 9.59 Å². The maximum Gasteiger partial charge on any atom is 0.253 e. The van der Waals surface area contributed by atoms with Gasteiger partial charge >= 0.3 is 0 Å². The molecule has 1 aromatic carbocycles. The summed E-state index contributed by atoms with van der Waals surface area (Å²) in [6.07, 6.45) is 7.01. The topological polar surface area (TPSA) is 49.4 Å². The van der Waals surface area contributed by atoms with Gasteiger partial charge in [0.2, 0.25) is 5.91 Å². The standard InChI is InChI=1S/C21H29FN2O2/c1-2-15-14-24(21(26)16-7-9-18(22)10-8-16)12-11-17(15)13-20(25)23-19-5-3-4-6-19/h7-10,15,17,19H,2-6,11-14H2,1H3,(H,23,25). The van der Waals surface area contributed by atoms with Crippen LogP contribution < -0.4 is 5.32 Å². The van der Waals surface area contributed by atoms with Crippen molar-refractivity contribution in [2.75, 3.05) is 13.1 Å². The van der Waals surface area contributed by atoms with Crippen LogP contribution in [-0.4, -0.2) is 35.8 Å². The molecule has 0 spiro atoms. The Morgan fingerprint density at radius 2 is 1.81 bits per heavy atom. The summed E-state index contributed by atoms with van der Waals surface area (Å²) < 4.78 is 13.1. The Morgan fingerprint density at radius 1 is 1.12 bits per heavy atom. The smallest absolute Gasteiger partial charge is 0.253 e. The van der Waals surface area contributed by atoms with E-state index in [2.05, 4.69) is 12.2 Å². The maximum absolute atomic E-state index is 13.1. The number of carbonyl (C=O) groups is 2. The number of halogens is 1. The van der Waals surface area contributed by atoms with Crippen LogP contribution in [-0.2, 0) is 4.79 Å². The molecular weight excluding hydrogens is 331 g/mol. The molecule has 1 aromatic rings. The zero-order valence-corrected chi connectivity index (χ0v) is 15.5. The van der Waals surface area contributed by atoms with E-state index in [4.69, 9.17) is 0 Å². The largest absolute Gasteiger partial charge is 0.353 e. The van der Waals surface area contributed by atoms with Crippen molar-refractivity contribution in [2.24, 2.45) is 11.8 Å². The first-order valence-corrected chi connectivity index (χ1v) is 9.91. The number of benzene rings is 1. The van der Waals surface area contributed by atoms with Gasteiger partial charge in [0, 0.05) is 31.1 Å². The number of carbonyl (C=O) groups excluding carboxylic acids is 2. The average molecular weight is 360 g/mol. The van der Waals surface area contributed by atoms with Crippen LogP contribution in [0.1, 0.15) is 62.2 Å². The fourth-order valence-electron chi connectivity index (χ4n) is 4.37. The summed E-state index contributed by atoms with van der Waals surface area (Å²) in [7, 11) is 0. The highest BCUT2D eigenvalue weighted by molar-refractivity contribution is 5.94. The van der Waals surface area contributed by atoms with E-state index < -0.39 is 0 Å². The monoisotopic (exact) mass is 360 g/mol. The predicted octanol–water partition coefficient (Wildman–Crippen LogP) is 3.76. The van der Waals surface area contributed by atoms with Gasteiger partial charge in [-0.05, 0) is 55.4 Å². The molecule has 0 bridgehead atoms. The number of piperidine rings is 1. The predicted molar refractivity (Wildman–Crippen MR) is 99.2 cm³/mol. The number of rotatable bonds is 5. The summed E-state index contributed by atoms with van der Waals surface area (Å²) in [6.45, 7) is 3.46. The van der Waals surface area contributed by atoms with Crippen LogP contribution in [0.5, 0.6) is 0 Å². The lowest BCUT2D eigenvalue weighted by molar-refractivity contribution is -0.123. The molecule has 2 amide bonds. The fraction of sp³-hybridized carbons (Fsp3) is 0.619. The van der Waals surface area contributed by atoms with Crippen LogP contribution in [0.25, 0.3) is 0 Å². The summed E-state index contributed by atoms with van der Waals surface area (Å²) >= 11 is 0. The van der Waals surface area contributed by atoms with Crippen LogP contribution in [0.4, 0.5) is 4.39 Å². The first kappa shape index (κ1) is 18.9. The minimum atomic E-state index is -0.333. The number of nitrogens with one attached hydrogen (secondary N) is 1. The zero-order chi connectivity index (χ0) is 18.5. The minimum Gasteiger partial charge on any atom is -0.353 e. The van der Waals surface area contributed by atoms with Crippen LogP contribution in [0.3, 0.4) is 0 Å². The Kier molecular flexibility index (Phi) is 6.28. The van der Waals surface area contributed by atoms with Gasteiger partial charge < -0.3 is 10.2 Å². The molecule has 1 N–H and O–H groups in total. The van der Waals surface area contributed by atoms with E-state index in [1.807, 2.05) is 4.90 Å². The Labute approximate surface area is 155 Å². The third-order valence-electron chi connectivity index (χ3n) is 5.96. The van der Waals surface area contributed by atoms with Gasteiger partial charge in [-0.2, -0.15) is 0 Å². The maximum atomic E-state index is 13.1. The van der Waals surface area contributed by atoms with Gasteiger partial charge in [-0.15, -0.1) is 0 Å². The van der Waals surface area contributed by atoms with Gasteiger partial charge in [-0.25, -0.2) is 4.39 Å². The van der Waals surface area contributed by atoms with Crippen molar-refractivity contribution < 1.29 is 14.0 Å². The van der Waals surface area contributed by atoms with E-state index in [0.717, 1.165) is 25.7 Å². The lowest BCUT2D eigenvalue weighted by Crippen LogP contribution is -2.45. The molecular formula is C21H29FN2O2. The highest BCUT2D eigenvalue weighted by atomic mass is 19.1. The molecule has 1 heterocycles. The van der Waals surface area contributed by atoms with Gasteiger partial charge in [0.25, 0.3) is 5.91 Å². The third kappa shape index (κ3) is 4.63. The average Bonchev–Trinajstić information content (AvgIpc) is 3.15. The van der Waals surface area contributed by atoms with Crippen molar-refractivity contribution in [3.05, 3.63) is 35.6 Å². The number of nitrogens with zero attached hydrogens (tertiary/aromatic N) is 1. The molecule has 1 aliphatic heterocycles.